The molecule has 2 nitrogen and oxygen atoms in total. The van der Waals surface area contributed by atoms with Gasteiger partial charge in [0.25, 0.3) is 0 Å². The van der Waals surface area contributed by atoms with Crippen molar-refractivity contribution in [3.05, 3.63) is 251 Å². The van der Waals surface area contributed by atoms with Crippen LogP contribution in [-0.4, -0.2) is 0 Å². The first kappa shape index (κ1) is 53.9. The molecule has 3 aliphatic carbocycles. The van der Waals surface area contributed by atoms with Gasteiger partial charge in [0.2, 0.25) is 0 Å². The highest BCUT2D eigenvalue weighted by Gasteiger charge is 2.36. The smallest absolute Gasteiger partial charge is 0.134 e. The minimum Gasteiger partial charge on any atom is -0.460 e. The van der Waals surface area contributed by atoms with E-state index in [0.717, 1.165) is 61.2 Å². The fourth-order valence-corrected chi connectivity index (χ4v) is 11.5. The zero-order chi connectivity index (χ0) is 53.1. The lowest BCUT2D eigenvalue weighted by molar-refractivity contribution is 0.545. The van der Waals surface area contributed by atoms with Gasteiger partial charge in [0.05, 0.1) is 0 Å². The Labute approximate surface area is 450 Å². The van der Waals surface area contributed by atoms with E-state index in [1.165, 1.54) is 113 Å². The summed E-state index contributed by atoms with van der Waals surface area (Å²) in [5, 5.41) is 1.20. The summed E-state index contributed by atoms with van der Waals surface area (Å²) in [5.41, 5.74) is 25.5. The van der Waals surface area contributed by atoms with Crippen molar-refractivity contribution >= 4 is 33.5 Å². The van der Waals surface area contributed by atoms with Crippen LogP contribution in [0.3, 0.4) is 0 Å². The molecule has 7 aromatic carbocycles. The molecule has 2 heteroatoms. The number of rotatable bonds is 12. The standard InChI is InChI=1S/C61H53NO.C8H14.2C2H6/c1-5-17-42-19-15-25-50(59(42)47-22-10-9-18-40(47)2)44-32-36-51-53-38-43(33-37-54(53)61(3,4)55(51)39-44)48-23-11-13-27-56(48)62(45-20-7-6-8-21-45)46-34-30-41(31-35-46)49-26-16-29-58-60(49)52-24-12-14-28-57(52)63-58;1-4-6-8(3)7-5-2;2*1-2/h6-10,12,14-15,18-28,30-39H,5,11,13,16-17,29H2,1-4H3;4,6H,1,5,7H2,2-3H3;2*1-2H3/b;8-6-;;. The molecule has 0 saturated carbocycles. The molecule has 382 valence electrons. The Morgan fingerprint density at radius 1 is 0.587 bits per heavy atom. The van der Waals surface area contributed by atoms with Gasteiger partial charge in [-0.3, -0.25) is 0 Å². The molecule has 75 heavy (non-hydrogen) atoms. The Kier molecular flexibility index (Phi) is 17.8. The Hall–Kier alpha value is -7.42. The highest BCUT2D eigenvalue weighted by molar-refractivity contribution is 5.99. The molecule has 0 atom stereocenters. The third-order valence-electron chi connectivity index (χ3n) is 14.9. The van der Waals surface area contributed by atoms with E-state index in [4.69, 9.17) is 4.42 Å². The van der Waals surface area contributed by atoms with E-state index in [9.17, 15) is 0 Å². The number of hydrogen-bond acceptors (Lipinski definition) is 2. The number of nitrogens with zero attached hydrogens (tertiary/aromatic N) is 1. The van der Waals surface area contributed by atoms with Crippen molar-refractivity contribution in [1.82, 2.24) is 0 Å². The summed E-state index contributed by atoms with van der Waals surface area (Å²) < 4.78 is 6.35. The van der Waals surface area contributed by atoms with E-state index in [-0.39, 0.29) is 5.41 Å². The molecule has 0 amide bonds. The summed E-state index contributed by atoms with van der Waals surface area (Å²) in [4.78, 5) is 2.46. The maximum absolute atomic E-state index is 6.35. The van der Waals surface area contributed by atoms with Crippen LogP contribution in [0.15, 0.2) is 210 Å². The van der Waals surface area contributed by atoms with Crippen LogP contribution in [-0.2, 0) is 18.3 Å². The highest BCUT2D eigenvalue weighted by atomic mass is 16.3. The normalized spacial score (nSPS) is 13.9. The first-order valence-electron chi connectivity index (χ1n) is 28.0. The number of benzene rings is 7. The average Bonchev–Trinajstić information content (AvgIpc) is 3.96. The summed E-state index contributed by atoms with van der Waals surface area (Å²) in [6, 6.07) is 58.8. The topological polar surface area (TPSA) is 16.4 Å². The SMILES string of the molecule is C=C/C=C(/C)CCC.CC.CC.CCCc1cccc(-c2ccc3c(c2)C(C)(C)c2ccc(C4=CCCC=C4N(c4ccccc4)c4ccc(C5=CCCc6oc7ccccc7c65)cc4)cc2-3)c1-c1ccccc1C. The summed E-state index contributed by atoms with van der Waals surface area (Å²) >= 11 is 0. The molecule has 0 unspecified atom stereocenters. The zero-order valence-corrected chi connectivity index (χ0v) is 46.6. The van der Waals surface area contributed by atoms with Crippen LogP contribution >= 0.6 is 0 Å². The first-order chi connectivity index (χ1) is 36.7. The predicted molar refractivity (Wildman–Crippen MR) is 327 cm³/mol. The van der Waals surface area contributed by atoms with Crippen molar-refractivity contribution in [1.29, 1.82) is 0 Å². The second kappa shape index (κ2) is 24.7. The highest BCUT2D eigenvalue weighted by Crippen LogP contribution is 2.52. The van der Waals surface area contributed by atoms with Gasteiger partial charge in [0.1, 0.15) is 11.3 Å². The summed E-state index contributed by atoms with van der Waals surface area (Å²) in [5.74, 6) is 1.09. The number of hydrogen-bond donors (Lipinski definition) is 0. The van der Waals surface area contributed by atoms with Crippen LogP contribution < -0.4 is 4.90 Å². The van der Waals surface area contributed by atoms with Gasteiger partial charge >= 0.3 is 0 Å². The molecule has 0 saturated heterocycles. The molecule has 11 rings (SSSR count). The average molecular weight is 986 g/mol. The molecule has 0 N–H and O–H groups in total. The first-order valence-corrected chi connectivity index (χ1v) is 28.0. The molecule has 3 aliphatic rings. The number of allylic oxidation sites excluding steroid dienone is 7. The lowest BCUT2D eigenvalue weighted by atomic mass is 9.80. The van der Waals surface area contributed by atoms with Crippen LogP contribution in [0.2, 0.25) is 0 Å². The van der Waals surface area contributed by atoms with Crippen molar-refractivity contribution in [2.24, 2.45) is 0 Å². The van der Waals surface area contributed by atoms with Gasteiger partial charge in [-0.05, 0) is 161 Å². The molecule has 8 aromatic rings. The van der Waals surface area contributed by atoms with Crippen molar-refractivity contribution in [3.63, 3.8) is 0 Å². The van der Waals surface area contributed by atoms with Crippen molar-refractivity contribution in [3.8, 4) is 33.4 Å². The van der Waals surface area contributed by atoms with Crippen LogP contribution in [0.1, 0.15) is 146 Å². The van der Waals surface area contributed by atoms with E-state index in [1.807, 2.05) is 33.8 Å². The number of furan rings is 1. The number of para-hydroxylation sites is 2. The van der Waals surface area contributed by atoms with Gasteiger partial charge in [-0.15, -0.1) is 0 Å². The van der Waals surface area contributed by atoms with Crippen molar-refractivity contribution in [2.75, 3.05) is 4.90 Å². The Balaban J connectivity index is 0.000000566. The van der Waals surface area contributed by atoms with Crippen LogP contribution in [0, 0.1) is 6.92 Å². The molecule has 0 aliphatic heterocycles. The minimum atomic E-state index is -0.141. The number of aryl methyl sites for hydroxylation is 3. The second-order valence-corrected chi connectivity index (χ2v) is 20.1. The Morgan fingerprint density at radius 2 is 1.25 bits per heavy atom. The number of fused-ring (bicyclic) bond motifs is 6. The van der Waals surface area contributed by atoms with Gasteiger partial charge in [0.15, 0.2) is 0 Å². The predicted octanol–water partition coefficient (Wildman–Crippen LogP) is 21.6. The van der Waals surface area contributed by atoms with E-state index < -0.39 is 0 Å². The summed E-state index contributed by atoms with van der Waals surface area (Å²) in [6.45, 7) is 25.3. The van der Waals surface area contributed by atoms with Gasteiger partial charge in [0, 0.05) is 45.4 Å². The van der Waals surface area contributed by atoms with Gasteiger partial charge < -0.3 is 9.32 Å². The van der Waals surface area contributed by atoms with Crippen molar-refractivity contribution in [2.45, 2.75) is 126 Å². The lowest BCUT2D eigenvalue weighted by Gasteiger charge is -2.32. The van der Waals surface area contributed by atoms with Gasteiger partial charge in [-0.25, -0.2) is 0 Å². The third kappa shape index (κ3) is 11.0. The van der Waals surface area contributed by atoms with Crippen LogP contribution in [0.4, 0.5) is 11.4 Å². The van der Waals surface area contributed by atoms with E-state index in [1.54, 1.807) is 0 Å². The summed E-state index contributed by atoms with van der Waals surface area (Å²) in [7, 11) is 0. The Morgan fingerprint density at radius 3 is 2.00 bits per heavy atom. The van der Waals surface area contributed by atoms with Crippen LogP contribution in [0.5, 0.6) is 0 Å². The molecule has 0 bridgehead atoms. The maximum atomic E-state index is 6.35. The molecule has 0 spiro atoms. The maximum Gasteiger partial charge on any atom is 0.134 e. The van der Waals surface area contributed by atoms with E-state index >= 15 is 0 Å². The minimum absolute atomic E-state index is 0.141. The van der Waals surface area contributed by atoms with Gasteiger partial charge in [-0.2, -0.15) is 0 Å². The monoisotopic (exact) mass is 986 g/mol. The second-order valence-electron chi connectivity index (χ2n) is 20.1. The third-order valence-corrected chi connectivity index (χ3v) is 14.9. The van der Waals surface area contributed by atoms with Crippen molar-refractivity contribution < 1.29 is 4.42 Å². The lowest BCUT2D eigenvalue weighted by Crippen LogP contribution is -2.19. The molecular weight excluding hydrogens is 907 g/mol. The molecular formula is C73H79NO. The fourth-order valence-electron chi connectivity index (χ4n) is 11.5. The molecule has 0 radical (unpaired) electrons. The summed E-state index contributed by atoms with van der Waals surface area (Å²) in [6.07, 6.45) is 19.7. The molecule has 0 fully saturated rings. The van der Waals surface area contributed by atoms with E-state index in [2.05, 4.69) is 235 Å². The molecule has 1 aromatic heterocycles. The van der Waals surface area contributed by atoms with Crippen LogP contribution in [0.25, 0.3) is 55.5 Å². The zero-order valence-electron chi connectivity index (χ0n) is 46.6. The quantitative estimate of drug-likeness (QED) is 0.113. The number of anilines is 2. The largest absolute Gasteiger partial charge is 0.460 e. The molecule has 1 heterocycles. The fraction of sp³-hybridized carbons (Fsp3) is 0.260. The Bertz CT molecular complexity index is 3380. The van der Waals surface area contributed by atoms with E-state index in [0.29, 0.717) is 0 Å². The van der Waals surface area contributed by atoms with Gasteiger partial charge in [-0.1, -0.05) is 226 Å².